The number of aryl methyl sites for hydroxylation is 2. The molecule has 0 saturated heterocycles. The number of sulfonamides is 1. The molecule has 0 spiro atoms. The lowest BCUT2D eigenvalue weighted by molar-refractivity contribution is -0.139. The number of para-hydroxylation sites is 1. The van der Waals surface area contributed by atoms with Gasteiger partial charge in [0.15, 0.2) is 0 Å². The summed E-state index contributed by atoms with van der Waals surface area (Å²) in [6, 6.07) is 22.8. The van der Waals surface area contributed by atoms with Crippen molar-refractivity contribution < 1.29 is 18.0 Å². The number of nitrogens with one attached hydrogen (secondary N) is 1. The zero-order valence-electron chi connectivity index (χ0n) is 24.1. The minimum absolute atomic E-state index is 0.0949. The largest absolute Gasteiger partial charge is 0.352 e. The van der Waals surface area contributed by atoms with Crippen molar-refractivity contribution in [2.75, 3.05) is 17.4 Å². The highest BCUT2D eigenvalue weighted by Gasteiger charge is 2.34. The van der Waals surface area contributed by atoms with E-state index in [9.17, 15) is 18.0 Å². The number of anilines is 1. The molecule has 3 rings (SSSR count). The maximum atomic E-state index is 14.1. The number of benzene rings is 3. The molecule has 3 aromatic carbocycles. The van der Waals surface area contributed by atoms with Crippen LogP contribution in [0.2, 0.25) is 0 Å². The monoisotopic (exact) mass is 563 g/mol. The topological polar surface area (TPSA) is 86.8 Å². The van der Waals surface area contributed by atoms with E-state index in [0.29, 0.717) is 24.9 Å². The van der Waals surface area contributed by atoms with Crippen LogP contribution in [-0.4, -0.2) is 50.3 Å². The van der Waals surface area contributed by atoms with E-state index in [1.54, 1.807) is 36.4 Å². The molecule has 0 aromatic heterocycles. The number of rotatable bonds is 13. The van der Waals surface area contributed by atoms with Gasteiger partial charge >= 0.3 is 0 Å². The molecule has 0 heterocycles. The molecule has 40 heavy (non-hydrogen) atoms. The van der Waals surface area contributed by atoms with Gasteiger partial charge in [-0.2, -0.15) is 0 Å². The zero-order chi connectivity index (χ0) is 29.3. The quantitative estimate of drug-likeness (QED) is 0.313. The van der Waals surface area contributed by atoms with Gasteiger partial charge in [-0.05, 0) is 69.4 Å². The van der Waals surface area contributed by atoms with Crippen molar-refractivity contribution in [3.63, 3.8) is 0 Å². The van der Waals surface area contributed by atoms with Crippen LogP contribution in [0.15, 0.2) is 83.8 Å². The van der Waals surface area contributed by atoms with E-state index in [4.69, 9.17) is 0 Å². The fraction of sp³-hybridized carbons (Fsp3) is 0.375. The molecule has 0 aliphatic heterocycles. The van der Waals surface area contributed by atoms with Crippen LogP contribution in [0.25, 0.3) is 0 Å². The maximum absolute atomic E-state index is 14.1. The van der Waals surface area contributed by atoms with E-state index in [0.717, 1.165) is 16.7 Å². The number of amides is 2. The van der Waals surface area contributed by atoms with Crippen molar-refractivity contribution in [1.29, 1.82) is 0 Å². The molecule has 0 fully saturated rings. The molecule has 0 unspecified atom stereocenters. The number of carbonyl (C=O) groups excluding carboxylic acids is 2. The van der Waals surface area contributed by atoms with Gasteiger partial charge in [-0.15, -0.1) is 0 Å². The van der Waals surface area contributed by atoms with Gasteiger partial charge in [-0.1, -0.05) is 80.1 Å². The molecule has 7 nitrogen and oxygen atoms in total. The lowest BCUT2D eigenvalue weighted by Gasteiger charge is -2.34. The second kappa shape index (κ2) is 14.1. The molecule has 3 aromatic rings. The van der Waals surface area contributed by atoms with E-state index >= 15 is 0 Å². The van der Waals surface area contributed by atoms with Gasteiger partial charge in [-0.3, -0.25) is 13.9 Å². The van der Waals surface area contributed by atoms with Gasteiger partial charge in [0, 0.05) is 12.6 Å². The Kier molecular flexibility index (Phi) is 10.9. The van der Waals surface area contributed by atoms with Crippen LogP contribution in [0.4, 0.5) is 5.69 Å². The summed E-state index contributed by atoms with van der Waals surface area (Å²) in [5.74, 6) is -0.677. The predicted molar refractivity (Wildman–Crippen MR) is 161 cm³/mol. The third-order valence-electron chi connectivity index (χ3n) is 6.83. The summed E-state index contributed by atoms with van der Waals surface area (Å²) in [5, 5.41) is 2.93. The second-order valence-electron chi connectivity index (χ2n) is 10.2. The van der Waals surface area contributed by atoms with Crippen LogP contribution in [0.5, 0.6) is 0 Å². The summed E-state index contributed by atoms with van der Waals surface area (Å²) < 4.78 is 29.3. The lowest BCUT2D eigenvalue weighted by Crippen LogP contribution is -2.54. The second-order valence-corrected chi connectivity index (χ2v) is 12.1. The minimum Gasteiger partial charge on any atom is -0.352 e. The first-order chi connectivity index (χ1) is 19.1. The van der Waals surface area contributed by atoms with Gasteiger partial charge < -0.3 is 10.2 Å². The fourth-order valence-corrected chi connectivity index (χ4v) is 6.13. The highest BCUT2D eigenvalue weighted by atomic mass is 32.2. The summed E-state index contributed by atoms with van der Waals surface area (Å²) in [4.78, 5) is 29.0. The van der Waals surface area contributed by atoms with Crippen molar-refractivity contribution >= 4 is 27.5 Å². The first-order valence-corrected chi connectivity index (χ1v) is 15.3. The molecule has 1 atom stereocenters. The smallest absolute Gasteiger partial charge is 0.264 e. The molecule has 0 radical (unpaired) electrons. The Hall–Kier alpha value is -3.65. The molecular formula is C32H41N3O4S. The van der Waals surface area contributed by atoms with E-state index < -0.39 is 28.5 Å². The van der Waals surface area contributed by atoms with Crippen molar-refractivity contribution in [3.8, 4) is 0 Å². The average molecular weight is 564 g/mol. The van der Waals surface area contributed by atoms with Gasteiger partial charge in [0.25, 0.3) is 10.0 Å². The molecule has 0 aliphatic rings. The Labute approximate surface area is 239 Å². The highest BCUT2D eigenvalue weighted by molar-refractivity contribution is 7.92. The molecule has 214 valence electrons. The Morgan fingerprint density at radius 3 is 2.10 bits per heavy atom. The number of nitrogens with zero attached hydrogens (tertiary/aromatic N) is 2. The molecular weight excluding hydrogens is 522 g/mol. The van der Waals surface area contributed by atoms with Crippen LogP contribution in [0.1, 0.15) is 50.8 Å². The number of hydrogen-bond donors (Lipinski definition) is 1. The first kappa shape index (κ1) is 30.9. The van der Waals surface area contributed by atoms with E-state index in [1.165, 1.54) is 9.21 Å². The van der Waals surface area contributed by atoms with Gasteiger partial charge in [0.05, 0.1) is 10.6 Å². The summed E-state index contributed by atoms with van der Waals surface area (Å²) in [5.41, 5.74) is 3.23. The lowest BCUT2D eigenvalue weighted by atomic mass is 10.1. The predicted octanol–water partition coefficient (Wildman–Crippen LogP) is 5.13. The molecule has 2 amide bonds. The fourth-order valence-electron chi connectivity index (χ4n) is 4.68. The molecule has 0 bridgehead atoms. The van der Waals surface area contributed by atoms with Crippen molar-refractivity contribution in [2.24, 2.45) is 0 Å². The minimum atomic E-state index is -4.09. The Balaban J connectivity index is 2.05. The Morgan fingerprint density at radius 2 is 1.50 bits per heavy atom. The van der Waals surface area contributed by atoms with Gasteiger partial charge in [-0.25, -0.2) is 8.42 Å². The highest BCUT2D eigenvalue weighted by Crippen LogP contribution is 2.28. The molecule has 0 aliphatic carbocycles. The van der Waals surface area contributed by atoms with Crippen LogP contribution in [0.3, 0.4) is 0 Å². The normalized spacial score (nSPS) is 12.2. The van der Waals surface area contributed by atoms with Crippen LogP contribution < -0.4 is 9.62 Å². The van der Waals surface area contributed by atoms with E-state index in [-0.39, 0.29) is 23.4 Å². The SMILES string of the molecule is CCc1ccccc1N(CC(=O)N(CCc1ccccc1)[C@@H](CC)C(=O)NC(C)C)S(=O)(=O)c1ccc(C)cc1. The van der Waals surface area contributed by atoms with Crippen molar-refractivity contribution in [3.05, 3.63) is 95.6 Å². The summed E-state index contributed by atoms with van der Waals surface area (Å²) in [7, 11) is -4.09. The third kappa shape index (κ3) is 7.72. The summed E-state index contributed by atoms with van der Waals surface area (Å²) in [6.07, 6.45) is 1.53. The first-order valence-electron chi connectivity index (χ1n) is 13.9. The summed E-state index contributed by atoms with van der Waals surface area (Å²) in [6.45, 7) is 9.31. The van der Waals surface area contributed by atoms with Gasteiger partial charge in [0.2, 0.25) is 11.8 Å². The molecule has 0 saturated carbocycles. The third-order valence-corrected chi connectivity index (χ3v) is 8.60. The van der Waals surface area contributed by atoms with Crippen LogP contribution >= 0.6 is 0 Å². The Bertz CT molecular complexity index is 1370. The van der Waals surface area contributed by atoms with Crippen LogP contribution in [0, 0.1) is 6.92 Å². The van der Waals surface area contributed by atoms with Gasteiger partial charge in [0.1, 0.15) is 12.6 Å². The maximum Gasteiger partial charge on any atom is 0.264 e. The summed E-state index contributed by atoms with van der Waals surface area (Å²) >= 11 is 0. The standard InChI is InChI=1S/C32H41N3O4S/c1-6-27-15-11-12-16-30(27)35(40(38,39)28-19-17-25(5)18-20-28)23-31(36)34(22-21-26-13-9-8-10-14-26)29(7-2)32(37)33-24(3)4/h8-20,24,29H,6-7,21-23H2,1-5H3,(H,33,37)/t29-/m0/s1. The van der Waals surface area contributed by atoms with Crippen molar-refractivity contribution in [1.82, 2.24) is 10.2 Å². The zero-order valence-corrected chi connectivity index (χ0v) is 24.9. The molecule has 8 heteroatoms. The van der Waals surface area contributed by atoms with E-state index in [1.807, 2.05) is 77.1 Å². The molecule has 1 N–H and O–H groups in total. The van der Waals surface area contributed by atoms with Crippen molar-refractivity contribution in [2.45, 2.75) is 70.9 Å². The van der Waals surface area contributed by atoms with E-state index in [2.05, 4.69) is 5.32 Å². The van der Waals surface area contributed by atoms with Crippen LogP contribution in [-0.2, 0) is 32.5 Å². The number of carbonyl (C=O) groups is 2. The number of hydrogen-bond acceptors (Lipinski definition) is 4. The average Bonchev–Trinajstić information content (AvgIpc) is 2.94. The Morgan fingerprint density at radius 1 is 0.875 bits per heavy atom.